The van der Waals surface area contributed by atoms with Crippen LogP contribution in [0.15, 0.2) is 12.1 Å². The van der Waals surface area contributed by atoms with Gasteiger partial charge in [-0.1, -0.05) is 0 Å². The second-order valence-electron chi connectivity index (χ2n) is 5.09. The third-order valence-corrected chi connectivity index (χ3v) is 3.52. The molecule has 108 valence electrons. The number of carboxylic acids is 1. The maximum atomic E-state index is 13.5. The Kier molecular flexibility index (Phi) is 3.45. The summed E-state index contributed by atoms with van der Waals surface area (Å²) in [5.41, 5.74) is -1.71. The van der Waals surface area contributed by atoms with E-state index in [2.05, 4.69) is 0 Å². The van der Waals surface area contributed by atoms with Crippen LogP contribution in [-0.4, -0.2) is 35.0 Å². The molecule has 1 atom stereocenters. The predicted molar refractivity (Wildman–Crippen MR) is 62.6 cm³/mol. The summed E-state index contributed by atoms with van der Waals surface area (Å²) in [5, 5.41) is 9.06. The van der Waals surface area contributed by atoms with E-state index in [1.807, 2.05) is 0 Å². The minimum absolute atomic E-state index is 0.0976. The van der Waals surface area contributed by atoms with Crippen LogP contribution in [0.5, 0.6) is 0 Å². The summed E-state index contributed by atoms with van der Waals surface area (Å²) in [7, 11) is 0. The molecule has 2 rings (SSSR count). The zero-order valence-electron chi connectivity index (χ0n) is 10.6. The van der Waals surface area contributed by atoms with Crippen LogP contribution in [0, 0.1) is 22.9 Å². The number of carboxylic acid groups (broad SMARTS) is 1. The predicted octanol–water partition coefficient (Wildman–Crippen LogP) is 2.04. The van der Waals surface area contributed by atoms with E-state index in [4.69, 9.17) is 5.11 Å². The number of halogens is 3. The highest BCUT2D eigenvalue weighted by atomic mass is 19.2. The van der Waals surface area contributed by atoms with Crippen LogP contribution in [-0.2, 0) is 4.79 Å². The summed E-state index contributed by atoms with van der Waals surface area (Å²) in [5.74, 6) is -5.77. The van der Waals surface area contributed by atoms with Gasteiger partial charge in [-0.3, -0.25) is 9.59 Å². The number of nitrogens with zero attached hydrogens (tertiary/aromatic N) is 1. The fourth-order valence-corrected chi connectivity index (χ4v) is 2.17. The summed E-state index contributed by atoms with van der Waals surface area (Å²) in [6.45, 7) is 1.50. The molecule has 0 spiro atoms. The van der Waals surface area contributed by atoms with Gasteiger partial charge in [-0.15, -0.1) is 0 Å². The highest BCUT2D eigenvalue weighted by molar-refractivity contribution is 5.95. The number of amides is 1. The summed E-state index contributed by atoms with van der Waals surface area (Å²) in [4.78, 5) is 24.2. The fraction of sp³-hybridized carbons (Fsp3) is 0.385. The van der Waals surface area contributed by atoms with Crippen LogP contribution in [0.4, 0.5) is 13.2 Å². The molecule has 0 radical (unpaired) electrons. The second-order valence-corrected chi connectivity index (χ2v) is 5.09. The fourth-order valence-electron chi connectivity index (χ4n) is 2.17. The van der Waals surface area contributed by atoms with Crippen molar-refractivity contribution in [2.45, 2.75) is 13.3 Å². The van der Waals surface area contributed by atoms with E-state index >= 15 is 0 Å². The van der Waals surface area contributed by atoms with Crippen LogP contribution >= 0.6 is 0 Å². The van der Waals surface area contributed by atoms with Crippen molar-refractivity contribution in [1.82, 2.24) is 4.90 Å². The van der Waals surface area contributed by atoms with Crippen molar-refractivity contribution in [2.24, 2.45) is 5.41 Å². The van der Waals surface area contributed by atoms with Gasteiger partial charge in [-0.2, -0.15) is 0 Å². The van der Waals surface area contributed by atoms with Gasteiger partial charge in [0.15, 0.2) is 11.6 Å². The Balaban J connectivity index is 2.26. The van der Waals surface area contributed by atoms with Crippen LogP contribution in [0.3, 0.4) is 0 Å². The third-order valence-electron chi connectivity index (χ3n) is 3.52. The van der Waals surface area contributed by atoms with Crippen molar-refractivity contribution in [3.8, 4) is 0 Å². The molecule has 0 saturated carbocycles. The first-order valence-electron chi connectivity index (χ1n) is 5.92. The van der Waals surface area contributed by atoms with Gasteiger partial charge >= 0.3 is 5.97 Å². The van der Waals surface area contributed by atoms with E-state index in [9.17, 15) is 22.8 Å². The van der Waals surface area contributed by atoms with Crippen molar-refractivity contribution in [1.29, 1.82) is 0 Å². The Morgan fingerprint density at radius 3 is 2.35 bits per heavy atom. The van der Waals surface area contributed by atoms with Crippen molar-refractivity contribution in [3.05, 3.63) is 35.1 Å². The largest absolute Gasteiger partial charge is 0.481 e. The number of hydrogen-bond acceptors (Lipinski definition) is 2. The number of aliphatic carboxylic acids is 1. The first kappa shape index (κ1) is 14.4. The number of hydrogen-bond donors (Lipinski definition) is 1. The summed E-state index contributed by atoms with van der Waals surface area (Å²) >= 11 is 0. The molecular weight excluding hydrogens is 275 g/mol. The molecule has 1 aromatic rings. The molecule has 7 heteroatoms. The molecule has 1 saturated heterocycles. The number of benzene rings is 1. The molecule has 1 aliphatic heterocycles. The molecule has 0 aliphatic carbocycles. The molecule has 4 nitrogen and oxygen atoms in total. The Labute approximate surface area is 112 Å². The zero-order chi connectivity index (χ0) is 15.1. The molecule has 20 heavy (non-hydrogen) atoms. The summed E-state index contributed by atoms with van der Waals surface area (Å²) in [6.07, 6.45) is 0.222. The number of carbonyl (C=O) groups is 2. The van der Waals surface area contributed by atoms with Crippen LogP contribution in [0.25, 0.3) is 0 Å². The average Bonchev–Trinajstić information content (AvgIpc) is 2.77. The van der Waals surface area contributed by atoms with E-state index in [1.54, 1.807) is 0 Å². The zero-order valence-corrected chi connectivity index (χ0v) is 10.6. The quantitative estimate of drug-likeness (QED) is 0.847. The van der Waals surface area contributed by atoms with Crippen molar-refractivity contribution >= 4 is 11.9 Å². The molecule has 1 amide bonds. The highest BCUT2D eigenvalue weighted by Crippen LogP contribution is 2.31. The Morgan fingerprint density at radius 2 is 1.80 bits per heavy atom. The molecule has 0 aromatic heterocycles. The van der Waals surface area contributed by atoms with Gasteiger partial charge in [0.1, 0.15) is 5.82 Å². The lowest BCUT2D eigenvalue weighted by Gasteiger charge is -2.20. The normalized spacial score (nSPS) is 22.1. The lowest BCUT2D eigenvalue weighted by atomic mass is 9.90. The Morgan fingerprint density at radius 1 is 1.20 bits per heavy atom. The monoisotopic (exact) mass is 287 g/mol. The van der Waals surface area contributed by atoms with Gasteiger partial charge in [-0.25, -0.2) is 13.2 Å². The molecular formula is C13H12F3NO3. The van der Waals surface area contributed by atoms with Crippen LogP contribution in [0.2, 0.25) is 0 Å². The molecule has 1 heterocycles. The summed E-state index contributed by atoms with van der Waals surface area (Å²) < 4.78 is 39.4. The maximum Gasteiger partial charge on any atom is 0.311 e. The topological polar surface area (TPSA) is 57.6 Å². The maximum absolute atomic E-state index is 13.5. The molecule has 1 unspecified atom stereocenters. The van der Waals surface area contributed by atoms with E-state index in [-0.39, 0.29) is 19.5 Å². The third kappa shape index (κ3) is 2.35. The van der Waals surface area contributed by atoms with E-state index in [0.717, 1.165) is 4.90 Å². The van der Waals surface area contributed by atoms with Gasteiger partial charge < -0.3 is 10.0 Å². The lowest BCUT2D eigenvalue weighted by Crippen LogP contribution is -2.35. The van der Waals surface area contributed by atoms with E-state index < -0.39 is 40.3 Å². The number of rotatable bonds is 2. The van der Waals surface area contributed by atoms with Gasteiger partial charge in [0.25, 0.3) is 5.91 Å². The van der Waals surface area contributed by atoms with Crippen molar-refractivity contribution in [3.63, 3.8) is 0 Å². The standard InChI is InChI=1S/C13H12F3NO3/c1-13(12(19)20)2-3-17(6-13)11(18)7-4-9(15)10(16)5-8(7)14/h4-5H,2-3,6H2,1H3,(H,19,20). The van der Waals surface area contributed by atoms with Gasteiger partial charge in [0.05, 0.1) is 11.0 Å². The molecule has 1 N–H and O–H groups in total. The first-order chi connectivity index (χ1) is 9.24. The number of carbonyl (C=O) groups excluding carboxylic acids is 1. The minimum Gasteiger partial charge on any atom is -0.481 e. The van der Waals surface area contributed by atoms with Gasteiger partial charge in [0, 0.05) is 19.2 Å². The molecule has 0 bridgehead atoms. The minimum atomic E-state index is -1.38. The van der Waals surface area contributed by atoms with Crippen LogP contribution < -0.4 is 0 Å². The van der Waals surface area contributed by atoms with E-state index in [1.165, 1.54) is 6.92 Å². The Hall–Kier alpha value is -2.05. The van der Waals surface area contributed by atoms with Crippen LogP contribution in [0.1, 0.15) is 23.7 Å². The van der Waals surface area contributed by atoms with Gasteiger partial charge in [0.2, 0.25) is 0 Å². The molecule has 1 fully saturated rings. The lowest BCUT2D eigenvalue weighted by molar-refractivity contribution is -0.147. The Bertz CT molecular complexity index is 590. The molecule has 1 aromatic carbocycles. The summed E-state index contributed by atoms with van der Waals surface area (Å²) in [6, 6.07) is 0.790. The smallest absolute Gasteiger partial charge is 0.311 e. The molecule has 1 aliphatic rings. The van der Waals surface area contributed by atoms with E-state index in [0.29, 0.717) is 12.1 Å². The SMILES string of the molecule is CC1(C(=O)O)CCN(C(=O)c2cc(F)c(F)cc2F)C1. The first-order valence-corrected chi connectivity index (χ1v) is 5.92. The van der Waals surface area contributed by atoms with Crippen molar-refractivity contribution < 1.29 is 27.9 Å². The highest BCUT2D eigenvalue weighted by Gasteiger charge is 2.42. The number of likely N-dealkylation sites (tertiary alicyclic amines) is 1. The second kappa shape index (κ2) is 4.81. The average molecular weight is 287 g/mol. The van der Waals surface area contributed by atoms with Gasteiger partial charge in [-0.05, 0) is 19.4 Å². The van der Waals surface area contributed by atoms with Crippen molar-refractivity contribution in [2.75, 3.05) is 13.1 Å².